The lowest BCUT2D eigenvalue weighted by Gasteiger charge is -2.28. The highest BCUT2D eigenvalue weighted by Gasteiger charge is 2.27. The van der Waals surface area contributed by atoms with Crippen LogP contribution in [0.2, 0.25) is 0 Å². The highest BCUT2D eigenvalue weighted by Crippen LogP contribution is 2.12. The molecule has 2 amide bonds. The van der Waals surface area contributed by atoms with Crippen LogP contribution in [0.15, 0.2) is 0 Å². The summed E-state index contributed by atoms with van der Waals surface area (Å²) in [5.41, 5.74) is -0.840. The topological polar surface area (TPSA) is 90.5 Å². The van der Waals surface area contributed by atoms with Crippen molar-refractivity contribution in [1.29, 1.82) is 0 Å². The second-order valence-electron chi connectivity index (χ2n) is 4.39. The molecule has 0 bridgehead atoms. The molecule has 6 heteroatoms. The van der Waals surface area contributed by atoms with Crippen molar-refractivity contribution in [1.82, 2.24) is 16.0 Å². The summed E-state index contributed by atoms with van der Waals surface area (Å²) in [4.78, 5) is 22.6. The van der Waals surface area contributed by atoms with Gasteiger partial charge in [0.15, 0.2) is 0 Å². The zero-order valence-corrected chi connectivity index (χ0v) is 10.4. The van der Waals surface area contributed by atoms with Crippen molar-refractivity contribution >= 4 is 11.8 Å². The number of nitrogens with one attached hydrogen (secondary N) is 3. The molecule has 1 heterocycles. The van der Waals surface area contributed by atoms with Gasteiger partial charge in [-0.05, 0) is 12.8 Å². The van der Waals surface area contributed by atoms with E-state index in [0.29, 0.717) is 19.4 Å². The van der Waals surface area contributed by atoms with E-state index in [0.717, 1.165) is 0 Å². The number of hydrogen-bond donors (Lipinski definition) is 4. The van der Waals surface area contributed by atoms with Crippen molar-refractivity contribution in [2.75, 3.05) is 19.6 Å². The first-order valence-electron chi connectivity index (χ1n) is 6.01. The molecule has 1 atom stereocenters. The van der Waals surface area contributed by atoms with Gasteiger partial charge in [-0.15, -0.1) is 0 Å². The standard InChI is InChI=1S/C11H21N3O3/c1-3-11(17,4-2)7-14-10(16)8-5-13-9(15)6-12-8/h8,12,17H,3-7H2,1-2H3,(H,13,15)(H,14,16). The molecule has 98 valence electrons. The van der Waals surface area contributed by atoms with E-state index in [9.17, 15) is 14.7 Å². The SMILES string of the molecule is CCC(O)(CC)CNC(=O)C1CNC(=O)CN1. The molecular weight excluding hydrogens is 222 g/mol. The third kappa shape index (κ3) is 3.98. The van der Waals surface area contributed by atoms with Crippen molar-refractivity contribution in [3.8, 4) is 0 Å². The summed E-state index contributed by atoms with van der Waals surface area (Å²) in [6.07, 6.45) is 1.19. The Kier molecular flexibility index (Phi) is 4.89. The summed E-state index contributed by atoms with van der Waals surface area (Å²) in [6, 6.07) is -0.411. The Morgan fingerprint density at radius 3 is 2.65 bits per heavy atom. The van der Waals surface area contributed by atoms with E-state index in [-0.39, 0.29) is 24.9 Å². The largest absolute Gasteiger partial charge is 0.388 e. The van der Waals surface area contributed by atoms with Gasteiger partial charge < -0.3 is 15.7 Å². The third-order valence-corrected chi connectivity index (χ3v) is 3.24. The number of aliphatic hydroxyl groups is 1. The van der Waals surface area contributed by atoms with Gasteiger partial charge in [-0.1, -0.05) is 13.8 Å². The maximum atomic E-state index is 11.7. The Balaban J connectivity index is 2.37. The van der Waals surface area contributed by atoms with Gasteiger partial charge in [0, 0.05) is 13.1 Å². The summed E-state index contributed by atoms with van der Waals surface area (Å²) >= 11 is 0. The van der Waals surface area contributed by atoms with E-state index in [4.69, 9.17) is 0 Å². The van der Waals surface area contributed by atoms with E-state index in [1.807, 2.05) is 13.8 Å². The van der Waals surface area contributed by atoms with Crippen LogP contribution in [0.1, 0.15) is 26.7 Å². The maximum Gasteiger partial charge on any atom is 0.239 e. The highest BCUT2D eigenvalue weighted by molar-refractivity contribution is 5.86. The van der Waals surface area contributed by atoms with Crippen molar-refractivity contribution in [3.63, 3.8) is 0 Å². The predicted molar refractivity (Wildman–Crippen MR) is 63.3 cm³/mol. The minimum absolute atomic E-state index is 0.104. The van der Waals surface area contributed by atoms with Crippen LogP contribution in [0.4, 0.5) is 0 Å². The molecule has 4 N–H and O–H groups in total. The molecule has 0 aromatic rings. The van der Waals surface area contributed by atoms with Gasteiger partial charge in [0.25, 0.3) is 0 Å². The molecule has 0 radical (unpaired) electrons. The first kappa shape index (κ1) is 13.9. The zero-order valence-electron chi connectivity index (χ0n) is 10.4. The average molecular weight is 243 g/mol. The summed E-state index contributed by atoms with van der Waals surface area (Å²) in [5, 5.41) is 18.2. The van der Waals surface area contributed by atoms with Gasteiger partial charge in [0.05, 0.1) is 12.1 Å². The van der Waals surface area contributed by atoms with Crippen LogP contribution in [0, 0.1) is 0 Å². The number of carbonyl (C=O) groups is 2. The van der Waals surface area contributed by atoms with Gasteiger partial charge in [-0.25, -0.2) is 0 Å². The normalized spacial score (nSPS) is 20.9. The summed E-state index contributed by atoms with van der Waals surface area (Å²) < 4.78 is 0. The Bertz CT molecular complexity index is 280. The van der Waals surface area contributed by atoms with Crippen LogP contribution in [0.3, 0.4) is 0 Å². The van der Waals surface area contributed by atoms with Gasteiger partial charge in [0.1, 0.15) is 6.04 Å². The fourth-order valence-electron chi connectivity index (χ4n) is 1.63. The summed E-state index contributed by atoms with van der Waals surface area (Å²) in [6.45, 7) is 4.46. The monoisotopic (exact) mass is 243 g/mol. The molecule has 0 aliphatic carbocycles. The Morgan fingerprint density at radius 2 is 2.18 bits per heavy atom. The van der Waals surface area contributed by atoms with Crippen LogP contribution >= 0.6 is 0 Å². The van der Waals surface area contributed by atoms with Gasteiger partial charge in [0.2, 0.25) is 11.8 Å². The molecule has 17 heavy (non-hydrogen) atoms. The predicted octanol–water partition coefficient (Wildman–Crippen LogP) is -1.26. The van der Waals surface area contributed by atoms with E-state index in [1.54, 1.807) is 0 Å². The fraction of sp³-hybridized carbons (Fsp3) is 0.818. The van der Waals surface area contributed by atoms with Crippen LogP contribution in [0.25, 0.3) is 0 Å². The van der Waals surface area contributed by atoms with E-state index in [2.05, 4.69) is 16.0 Å². The Hall–Kier alpha value is -1.14. The lowest BCUT2D eigenvalue weighted by molar-refractivity contribution is -0.127. The maximum absolute atomic E-state index is 11.7. The van der Waals surface area contributed by atoms with E-state index in [1.165, 1.54) is 0 Å². The zero-order chi connectivity index (χ0) is 12.9. The first-order chi connectivity index (χ1) is 8.00. The molecule has 6 nitrogen and oxygen atoms in total. The van der Waals surface area contributed by atoms with Crippen molar-refractivity contribution < 1.29 is 14.7 Å². The van der Waals surface area contributed by atoms with Crippen LogP contribution in [-0.2, 0) is 9.59 Å². The molecule has 0 spiro atoms. The minimum atomic E-state index is -0.840. The Labute approximate surface area is 101 Å². The van der Waals surface area contributed by atoms with Gasteiger partial charge >= 0.3 is 0 Å². The van der Waals surface area contributed by atoms with Crippen LogP contribution in [-0.4, -0.2) is 48.2 Å². The van der Waals surface area contributed by atoms with Crippen LogP contribution < -0.4 is 16.0 Å². The molecule has 1 rings (SSSR count). The van der Waals surface area contributed by atoms with E-state index >= 15 is 0 Å². The van der Waals surface area contributed by atoms with Crippen molar-refractivity contribution in [2.24, 2.45) is 0 Å². The lowest BCUT2D eigenvalue weighted by atomic mass is 9.97. The second kappa shape index (κ2) is 5.97. The second-order valence-corrected chi connectivity index (χ2v) is 4.39. The molecule has 0 saturated carbocycles. The van der Waals surface area contributed by atoms with Crippen molar-refractivity contribution in [3.05, 3.63) is 0 Å². The molecule has 1 unspecified atom stereocenters. The molecule has 1 fully saturated rings. The number of piperazine rings is 1. The molecule has 0 aromatic carbocycles. The van der Waals surface area contributed by atoms with E-state index < -0.39 is 11.6 Å². The summed E-state index contributed by atoms with van der Waals surface area (Å²) in [5.74, 6) is -0.294. The van der Waals surface area contributed by atoms with Crippen LogP contribution in [0.5, 0.6) is 0 Å². The smallest absolute Gasteiger partial charge is 0.239 e. The molecular formula is C11H21N3O3. The minimum Gasteiger partial charge on any atom is -0.388 e. The number of carbonyl (C=O) groups excluding carboxylic acids is 2. The Morgan fingerprint density at radius 1 is 1.53 bits per heavy atom. The number of hydrogen-bond acceptors (Lipinski definition) is 4. The van der Waals surface area contributed by atoms with Crippen molar-refractivity contribution in [2.45, 2.75) is 38.3 Å². The molecule has 0 aromatic heterocycles. The molecule has 1 aliphatic heterocycles. The number of amides is 2. The lowest BCUT2D eigenvalue weighted by Crippen LogP contribution is -2.59. The fourth-order valence-corrected chi connectivity index (χ4v) is 1.63. The third-order valence-electron chi connectivity index (χ3n) is 3.24. The van der Waals surface area contributed by atoms with Gasteiger partial charge in [-0.3, -0.25) is 14.9 Å². The number of rotatable bonds is 5. The molecule has 1 aliphatic rings. The quantitative estimate of drug-likeness (QED) is 0.485. The molecule has 1 saturated heterocycles. The van der Waals surface area contributed by atoms with Gasteiger partial charge in [-0.2, -0.15) is 0 Å². The summed E-state index contributed by atoms with van der Waals surface area (Å²) in [7, 11) is 0. The highest BCUT2D eigenvalue weighted by atomic mass is 16.3. The average Bonchev–Trinajstić information content (AvgIpc) is 2.36. The first-order valence-corrected chi connectivity index (χ1v) is 6.01.